The second kappa shape index (κ2) is 4.58. The average molecular weight is 241 g/mol. The number of carboxylic acid groups (broad SMARTS) is 1. The minimum Gasteiger partial charge on any atom is -0.481 e. The highest BCUT2D eigenvalue weighted by molar-refractivity contribution is 5.68. The van der Waals surface area contributed by atoms with Gasteiger partial charge in [0.2, 0.25) is 0 Å². The topological polar surface area (TPSA) is 49.8 Å². The summed E-state index contributed by atoms with van der Waals surface area (Å²) in [5, 5.41) is 9.19. The van der Waals surface area contributed by atoms with Crippen molar-refractivity contribution in [3.63, 3.8) is 0 Å². The Kier molecular flexibility index (Phi) is 3.46. The van der Waals surface area contributed by atoms with Crippen LogP contribution in [0.5, 0.6) is 0 Å². The Hall–Kier alpha value is -0.610. The molecule has 1 N–H and O–H groups in total. The van der Waals surface area contributed by atoms with Gasteiger partial charge in [-0.3, -0.25) is 9.69 Å². The molecule has 4 heteroatoms. The Balaban J connectivity index is 2.19. The van der Waals surface area contributed by atoms with Crippen molar-refractivity contribution in [3.8, 4) is 0 Å². The van der Waals surface area contributed by atoms with Gasteiger partial charge in [0.05, 0.1) is 12.0 Å². The van der Waals surface area contributed by atoms with Gasteiger partial charge in [-0.2, -0.15) is 0 Å². The van der Waals surface area contributed by atoms with Gasteiger partial charge in [0, 0.05) is 12.1 Å². The van der Waals surface area contributed by atoms with Crippen LogP contribution in [0.15, 0.2) is 0 Å². The van der Waals surface area contributed by atoms with Gasteiger partial charge < -0.3 is 9.84 Å². The molecule has 0 amide bonds. The monoisotopic (exact) mass is 241 g/mol. The maximum Gasteiger partial charge on any atom is 0.305 e. The third kappa shape index (κ3) is 2.80. The summed E-state index contributed by atoms with van der Waals surface area (Å²) in [6.07, 6.45) is 4.32. The molecule has 0 aliphatic carbocycles. The van der Waals surface area contributed by atoms with Crippen molar-refractivity contribution in [2.45, 2.75) is 57.1 Å². The first-order chi connectivity index (χ1) is 7.94. The Bertz CT molecular complexity index is 297. The third-order valence-electron chi connectivity index (χ3n) is 4.07. The van der Waals surface area contributed by atoms with E-state index in [2.05, 4.69) is 18.7 Å². The van der Waals surface area contributed by atoms with E-state index in [4.69, 9.17) is 4.74 Å². The largest absolute Gasteiger partial charge is 0.481 e. The number of hydrogen-bond acceptors (Lipinski definition) is 3. The highest BCUT2D eigenvalue weighted by Gasteiger charge is 2.46. The van der Waals surface area contributed by atoms with Crippen LogP contribution in [-0.4, -0.2) is 46.8 Å². The Morgan fingerprint density at radius 3 is 2.53 bits per heavy atom. The van der Waals surface area contributed by atoms with Crippen LogP contribution >= 0.6 is 0 Å². The minimum atomic E-state index is -0.686. The van der Waals surface area contributed by atoms with E-state index in [0.717, 1.165) is 25.9 Å². The summed E-state index contributed by atoms with van der Waals surface area (Å²) < 4.78 is 5.74. The van der Waals surface area contributed by atoms with Crippen molar-refractivity contribution in [2.24, 2.45) is 0 Å². The molecule has 0 spiro atoms. The molecule has 1 atom stereocenters. The molecule has 0 radical (unpaired) electrons. The van der Waals surface area contributed by atoms with Crippen LogP contribution in [0, 0.1) is 0 Å². The lowest BCUT2D eigenvalue weighted by atomic mass is 9.77. The summed E-state index contributed by atoms with van der Waals surface area (Å²) >= 11 is 0. The fourth-order valence-corrected chi connectivity index (χ4v) is 3.45. The fraction of sp³-hybridized carbons (Fsp3) is 0.923. The number of nitrogens with zero attached hydrogens (tertiary/aromatic N) is 1. The van der Waals surface area contributed by atoms with E-state index in [9.17, 15) is 9.90 Å². The maximum atomic E-state index is 11.2. The quantitative estimate of drug-likeness (QED) is 0.819. The van der Waals surface area contributed by atoms with Crippen molar-refractivity contribution in [1.29, 1.82) is 0 Å². The number of carboxylic acids is 1. The third-order valence-corrected chi connectivity index (χ3v) is 4.07. The van der Waals surface area contributed by atoms with Gasteiger partial charge in [0.15, 0.2) is 0 Å². The van der Waals surface area contributed by atoms with Crippen LogP contribution in [0.25, 0.3) is 0 Å². The second-order valence-electron chi connectivity index (χ2n) is 6.02. The van der Waals surface area contributed by atoms with E-state index >= 15 is 0 Å². The second-order valence-corrected chi connectivity index (χ2v) is 6.02. The highest BCUT2D eigenvalue weighted by atomic mass is 16.5. The summed E-state index contributed by atoms with van der Waals surface area (Å²) in [6, 6.07) is 0. The van der Waals surface area contributed by atoms with Crippen LogP contribution in [0.4, 0.5) is 0 Å². The van der Waals surface area contributed by atoms with Crippen molar-refractivity contribution < 1.29 is 14.6 Å². The lowest BCUT2D eigenvalue weighted by Gasteiger charge is -2.49. The molecule has 2 heterocycles. The van der Waals surface area contributed by atoms with E-state index < -0.39 is 5.97 Å². The van der Waals surface area contributed by atoms with Crippen molar-refractivity contribution in [2.75, 3.05) is 19.7 Å². The number of likely N-dealkylation sites (tertiary alicyclic amines) is 1. The number of carbonyl (C=O) groups is 1. The molecule has 0 aromatic carbocycles. The zero-order valence-corrected chi connectivity index (χ0v) is 10.9. The molecule has 2 rings (SSSR count). The first kappa shape index (κ1) is 12.8. The summed E-state index contributed by atoms with van der Waals surface area (Å²) in [7, 11) is 0. The first-order valence-electron chi connectivity index (χ1n) is 6.54. The molecule has 0 aromatic rings. The summed E-state index contributed by atoms with van der Waals surface area (Å²) in [5.41, 5.74) is -0.375. The standard InChI is InChI=1S/C13H23NO3/c1-12(2)10-13(5-8-17-12,9-11(15)16)14-6-3-4-7-14/h3-10H2,1-2H3,(H,15,16). The van der Waals surface area contributed by atoms with Crippen LogP contribution < -0.4 is 0 Å². The zero-order valence-electron chi connectivity index (χ0n) is 10.9. The van der Waals surface area contributed by atoms with Gasteiger partial charge in [0.1, 0.15) is 0 Å². The van der Waals surface area contributed by atoms with E-state index in [-0.39, 0.29) is 17.6 Å². The lowest BCUT2D eigenvalue weighted by Crippen LogP contribution is -2.56. The molecular formula is C13H23NO3. The van der Waals surface area contributed by atoms with Crippen LogP contribution in [0.3, 0.4) is 0 Å². The molecule has 2 aliphatic rings. The van der Waals surface area contributed by atoms with E-state index in [1.807, 2.05) is 0 Å². The van der Waals surface area contributed by atoms with Crippen molar-refractivity contribution in [3.05, 3.63) is 0 Å². The first-order valence-corrected chi connectivity index (χ1v) is 6.54. The molecule has 1 unspecified atom stereocenters. The number of rotatable bonds is 3. The molecular weight excluding hydrogens is 218 g/mol. The van der Waals surface area contributed by atoms with Crippen molar-refractivity contribution >= 4 is 5.97 Å². The lowest BCUT2D eigenvalue weighted by molar-refractivity contribution is -0.150. The van der Waals surface area contributed by atoms with E-state index in [1.54, 1.807) is 0 Å². The zero-order chi connectivity index (χ0) is 12.5. The molecule has 0 bridgehead atoms. The van der Waals surface area contributed by atoms with Gasteiger partial charge in [0.25, 0.3) is 0 Å². The van der Waals surface area contributed by atoms with Crippen molar-refractivity contribution in [1.82, 2.24) is 4.90 Å². The number of aliphatic carboxylic acids is 1. The van der Waals surface area contributed by atoms with Crippen LogP contribution in [-0.2, 0) is 9.53 Å². The molecule has 2 saturated heterocycles. The summed E-state index contributed by atoms with van der Waals surface area (Å²) in [5.74, 6) is -0.686. The van der Waals surface area contributed by atoms with Gasteiger partial charge in [-0.05, 0) is 52.6 Å². The molecule has 2 fully saturated rings. The van der Waals surface area contributed by atoms with Gasteiger partial charge >= 0.3 is 5.97 Å². The number of ether oxygens (including phenoxy) is 1. The van der Waals surface area contributed by atoms with Crippen LogP contribution in [0.2, 0.25) is 0 Å². The average Bonchev–Trinajstić information content (AvgIpc) is 2.67. The molecule has 2 aliphatic heterocycles. The Morgan fingerprint density at radius 1 is 1.35 bits per heavy atom. The normalized spacial score (nSPS) is 33.8. The molecule has 17 heavy (non-hydrogen) atoms. The van der Waals surface area contributed by atoms with E-state index in [1.165, 1.54) is 12.8 Å². The molecule has 98 valence electrons. The molecule has 0 aromatic heterocycles. The van der Waals surface area contributed by atoms with Gasteiger partial charge in [-0.15, -0.1) is 0 Å². The summed E-state index contributed by atoms with van der Waals surface area (Å²) in [6.45, 7) is 6.90. The van der Waals surface area contributed by atoms with Crippen LogP contribution in [0.1, 0.15) is 46.0 Å². The molecule has 0 saturated carbocycles. The maximum absolute atomic E-state index is 11.2. The predicted octanol–water partition coefficient (Wildman–Crippen LogP) is 1.88. The minimum absolute atomic E-state index is 0.177. The van der Waals surface area contributed by atoms with Gasteiger partial charge in [-0.25, -0.2) is 0 Å². The predicted molar refractivity (Wildman–Crippen MR) is 65.1 cm³/mol. The Labute approximate surface area is 103 Å². The fourth-order valence-electron chi connectivity index (χ4n) is 3.45. The SMILES string of the molecule is CC1(C)CC(CC(=O)O)(N2CCCC2)CCO1. The van der Waals surface area contributed by atoms with Gasteiger partial charge in [-0.1, -0.05) is 0 Å². The van der Waals surface area contributed by atoms with E-state index in [0.29, 0.717) is 6.61 Å². The molecule has 4 nitrogen and oxygen atoms in total. The smallest absolute Gasteiger partial charge is 0.305 e. The number of hydrogen-bond donors (Lipinski definition) is 1. The Morgan fingerprint density at radius 2 is 2.00 bits per heavy atom. The highest BCUT2D eigenvalue weighted by Crippen LogP contribution is 2.40. The summed E-state index contributed by atoms with van der Waals surface area (Å²) in [4.78, 5) is 13.6.